The lowest BCUT2D eigenvalue weighted by Crippen LogP contribution is -2.40. The average molecular weight is 450 g/mol. The van der Waals surface area contributed by atoms with Crippen LogP contribution in [0.4, 0.5) is 0 Å². The van der Waals surface area contributed by atoms with Crippen LogP contribution in [0.25, 0.3) is 16.9 Å². The highest BCUT2D eigenvalue weighted by molar-refractivity contribution is 5.86. The first kappa shape index (κ1) is 20.8. The van der Waals surface area contributed by atoms with Gasteiger partial charge in [-0.25, -0.2) is 19.1 Å². The molecule has 0 amide bonds. The van der Waals surface area contributed by atoms with E-state index in [0.717, 1.165) is 12.8 Å². The Hall–Kier alpha value is -4.08. The molecule has 10 nitrogen and oxygen atoms in total. The van der Waals surface area contributed by atoms with Gasteiger partial charge in [-0.2, -0.15) is 0 Å². The fourth-order valence-electron chi connectivity index (χ4n) is 3.84. The highest BCUT2D eigenvalue weighted by Crippen LogP contribution is 2.30. The van der Waals surface area contributed by atoms with Gasteiger partial charge in [0, 0.05) is 12.6 Å². The number of rotatable bonds is 7. The highest BCUT2D eigenvalue weighted by Gasteiger charge is 2.26. The molecular weight excluding hydrogens is 428 g/mol. The predicted octanol–water partition coefficient (Wildman–Crippen LogP) is 2.20. The van der Waals surface area contributed by atoms with Gasteiger partial charge in [0.15, 0.2) is 11.2 Å². The van der Waals surface area contributed by atoms with E-state index < -0.39 is 17.2 Å². The molecule has 1 saturated carbocycles. The van der Waals surface area contributed by atoms with Gasteiger partial charge < -0.3 is 18.5 Å². The van der Waals surface area contributed by atoms with E-state index in [1.807, 2.05) is 0 Å². The van der Waals surface area contributed by atoms with Gasteiger partial charge in [0.05, 0.1) is 32.8 Å². The molecule has 1 fully saturated rings. The maximum absolute atomic E-state index is 13.4. The minimum atomic E-state index is -0.588. The van der Waals surface area contributed by atoms with Gasteiger partial charge in [-0.3, -0.25) is 9.36 Å². The molecule has 0 unspecified atom stereocenters. The molecule has 170 valence electrons. The number of furan rings is 1. The molecule has 0 atom stereocenters. The van der Waals surface area contributed by atoms with Crippen molar-refractivity contribution in [2.24, 2.45) is 5.92 Å². The first-order valence-electron chi connectivity index (χ1n) is 10.5. The van der Waals surface area contributed by atoms with Gasteiger partial charge in [0.2, 0.25) is 5.76 Å². The number of imidazole rings is 1. The predicted molar refractivity (Wildman–Crippen MR) is 118 cm³/mol. The minimum absolute atomic E-state index is 0.0661. The molecule has 5 rings (SSSR count). The van der Waals surface area contributed by atoms with Gasteiger partial charge in [-0.15, -0.1) is 0 Å². The summed E-state index contributed by atoms with van der Waals surface area (Å²) in [6.45, 7) is 0.512. The number of carbonyl (C=O) groups excluding carboxylic acids is 1. The molecule has 4 aromatic rings. The number of esters is 1. The van der Waals surface area contributed by atoms with Crippen molar-refractivity contribution in [1.82, 2.24) is 18.7 Å². The number of benzene rings is 1. The molecule has 10 heteroatoms. The maximum Gasteiger partial charge on any atom is 0.373 e. The fraction of sp³-hybridized carbons (Fsp3) is 0.304. The summed E-state index contributed by atoms with van der Waals surface area (Å²) >= 11 is 0. The summed E-state index contributed by atoms with van der Waals surface area (Å²) in [7, 11) is 2.82. The summed E-state index contributed by atoms with van der Waals surface area (Å²) in [6, 6.07) is 10.2. The van der Waals surface area contributed by atoms with Crippen LogP contribution < -0.4 is 16.0 Å². The molecule has 3 heterocycles. The van der Waals surface area contributed by atoms with E-state index >= 15 is 0 Å². The lowest BCUT2D eigenvalue weighted by Gasteiger charge is -2.13. The number of ether oxygens (including phenoxy) is 2. The molecule has 0 radical (unpaired) electrons. The Morgan fingerprint density at radius 3 is 2.73 bits per heavy atom. The minimum Gasteiger partial charge on any atom is -0.497 e. The number of aromatic nitrogens is 4. The summed E-state index contributed by atoms with van der Waals surface area (Å²) in [5.74, 6) is 0.822. The first-order valence-corrected chi connectivity index (χ1v) is 10.5. The van der Waals surface area contributed by atoms with Crippen molar-refractivity contribution in [2.75, 3.05) is 14.2 Å². The first-order chi connectivity index (χ1) is 16.0. The molecule has 0 N–H and O–H groups in total. The number of methoxy groups -OCH3 is 2. The summed E-state index contributed by atoms with van der Waals surface area (Å²) < 4.78 is 19.9. The Labute approximate surface area is 187 Å². The smallest absolute Gasteiger partial charge is 0.373 e. The van der Waals surface area contributed by atoms with Crippen LogP contribution in [0.1, 0.15) is 29.2 Å². The molecule has 0 saturated heterocycles. The Bertz CT molecular complexity index is 1470. The largest absolute Gasteiger partial charge is 0.497 e. The van der Waals surface area contributed by atoms with Crippen molar-refractivity contribution in [2.45, 2.75) is 25.9 Å². The molecule has 0 bridgehead atoms. The molecule has 1 aliphatic rings. The Morgan fingerprint density at radius 2 is 2.00 bits per heavy atom. The van der Waals surface area contributed by atoms with Crippen molar-refractivity contribution in [3.63, 3.8) is 0 Å². The summed E-state index contributed by atoms with van der Waals surface area (Å²) in [4.78, 5) is 42.9. The van der Waals surface area contributed by atoms with E-state index in [4.69, 9.17) is 9.15 Å². The molecule has 3 aromatic heterocycles. The highest BCUT2D eigenvalue weighted by atomic mass is 16.5. The molecule has 33 heavy (non-hydrogen) atoms. The Kier molecular flexibility index (Phi) is 5.12. The summed E-state index contributed by atoms with van der Waals surface area (Å²) in [6.07, 6.45) is 3.47. The summed E-state index contributed by atoms with van der Waals surface area (Å²) in [5, 5.41) is 0. The monoisotopic (exact) mass is 450 g/mol. The Morgan fingerprint density at radius 1 is 1.18 bits per heavy atom. The standard InChI is InChI=1S/C23H22N4O6/c1-31-16-5-3-4-15(10-16)27-20-19(21(28)26(23(27)30)11-14-6-7-14)25(13-24-20)12-17-8-9-18(33-17)22(29)32-2/h3-5,8-10,13-14H,6-7,11-12H2,1-2H3. The number of hydrogen-bond acceptors (Lipinski definition) is 7. The van der Waals surface area contributed by atoms with E-state index in [2.05, 4.69) is 9.72 Å². The van der Waals surface area contributed by atoms with E-state index in [0.29, 0.717) is 29.7 Å². The van der Waals surface area contributed by atoms with E-state index in [9.17, 15) is 14.4 Å². The summed E-state index contributed by atoms with van der Waals surface area (Å²) in [5.41, 5.74) is 0.214. The van der Waals surface area contributed by atoms with Crippen molar-refractivity contribution in [1.29, 1.82) is 0 Å². The van der Waals surface area contributed by atoms with Crippen LogP contribution >= 0.6 is 0 Å². The van der Waals surface area contributed by atoms with Crippen molar-refractivity contribution >= 4 is 17.1 Å². The van der Waals surface area contributed by atoms with Gasteiger partial charge in [-0.05, 0) is 43.0 Å². The molecular formula is C23H22N4O6. The van der Waals surface area contributed by atoms with Crippen LogP contribution in [0.15, 0.2) is 56.7 Å². The normalized spacial score (nSPS) is 13.4. The van der Waals surface area contributed by atoms with Crippen molar-refractivity contribution in [3.8, 4) is 11.4 Å². The zero-order valence-electron chi connectivity index (χ0n) is 18.2. The molecule has 0 spiro atoms. The topological polar surface area (TPSA) is 110 Å². The zero-order valence-corrected chi connectivity index (χ0v) is 18.2. The second kappa shape index (κ2) is 8.12. The van der Waals surface area contributed by atoms with Crippen LogP contribution in [0.5, 0.6) is 5.75 Å². The molecule has 1 aliphatic carbocycles. The van der Waals surface area contributed by atoms with Gasteiger partial charge in [0.1, 0.15) is 11.5 Å². The van der Waals surface area contributed by atoms with Crippen molar-refractivity contribution in [3.05, 3.63) is 75.1 Å². The van der Waals surface area contributed by atoms with Gasteiger partial charge in [0.25, 0.3) is 5.56 Å². The molecule has 1 aromatic carbocycles. The quantitative estimate of drug-likeness (QED) is 0.397. The number of carbonyl (C=O) groups is 1. The third-order valence-corrected chi connectivity index (χ3v) is 5.72. The molecule has 0 aliphatic heterocycles. The lowest BCUT2D eigenvalue weighted by atomic mass is 10.3. The van der Waals surface area contributed by atoms with Gasteiger partial charge >= 0.3 is 11.7 Å². The Balaban J connectivity index is 1.68. The van der Waals surface area contributed by atoms with Crippen LogP contribution in [0.2, 0.25) is 0 Å². The third kappa shape index (κ3) is 3.73. The van der Waals surface area contributed by atoms with Gasteiger partial charge in [-0.1, -0.05) is 6.07 Å². The number of hydrogen-bond donors (Lipinski definition) is 0. The van der Waals surface area contributed by atoms with E-state index in [1.165, 1.54) is 28.6 Å². The lowest BCUT2D eigenvalue weighted by molar-refractivity contribution is 0.0563. The fourth-order valence-corrected chi connectivity index (χ4v) is 3.84. The number of fused-ring (bicyclic) bond motifs is 1. The van der Waals surface area contributed by atoms with Crippen LogP contribution in [0.3, 0.4) is 0 Å². The van der Waals surface area contributed by atoms with Crippen molar-refractivity contribution < 1.29 is 18.7 Å². The maximum atomic E-state index is 13.4. The van der Waals surface area contributed by atoms with E-state index in [1.54, 1.807) is 42.0 Å². The van der Waals surface area contributed by atoms with Crippen LogP contribution in [-0.4, -0.2) is 38.9 Å². The second-order valence-electron chi connectivity index (χ2n) is 7.98. The third-order valence-electron chi connectivity index (χ3n) is 5.72. The van der Waals surface area contributed by atoms with Crippen LogP contribution in [-0.2, 0) is 17.8 Å². The average Bonchev–Trinajstić information content (AvgIpc) is 3.37. The second-order valence-corrected chi connectivity index (χ2v) is 7.98. The van der Waals surface area contributed by atoms with E-state index in [-0.39, 0.29) is 23.5 Å². The SMILES string of the molecule is COC(=O)c1ccc(Cn2cnc3c2c(=O)n(CC2CC2)c(=O)n3-c2cccc(OC)c2)o1. The number of nitrogens with zero attached hydrogens (tertiary/aromatic N) is 4. The van der Waals surface area contributed by atoms with Crippen LogP contribution in [0, 0.1) is 5.92 Å². The zero-order chi connectivity index (χ0) is 23.1.